The molecule has 0 amide bonds. The Morgan fingerprint density at radius 2 is 1.79 bits per heavy atom. The monoisotopic (exact) mass is 397 g/mol. The van der Waals surface area contributed by atoms with E-state index >= 15 is 0 Å². The van der Waals surface area contributed by atoms with Crippen LogP contribution in [0.4, 0.5) is 11.5 Å². The van der Waals surface area contributed by atoms with Crippen LogP contribution in [-0.2, 0) is 16.5 Å². The van der Waals surface area contributed by atoms with E-state index in [1.54, 1.807) is 0 Å². The van der Waals surface area contributed by atoms with Crippen LogP contribution >= 0.6 is 0 Å². The van der Waals surface area contributed by atoms with Gasteiger partial charge in [0.1, 0.15) is 28.2 Å². The highest BCUT2D eigenvalue weighted by Crippen LogP contribution is 2.36. The number of ether oxygens (including phenoxy) is 2. The van der Waals surface area contributed by atoms with Gasteiger partial charge < -0.3 is 19.3 Å². The minimum absolute atomic E-state index is 0.272. The van der Waals surface area contributed by atoms with Crippen LogP contribution in [0.25, 0.3) is 22.4 Å². The molecule has 0 unspecified atom stereocenters. The first-order valence-electron chi connectivity index (χ1n) is 10.2. The molecule has 9 heteroatoms. The van der Waals surface area contributed by atoms with E-state index in [1.165, 1.54) is 0 Å². The molecule has 5 heterocycles. The third kappa shape index (κ3) is 3.14. The van der Waals surface area contributed by atoms with E-state index in [9.17, 15) is 0 Å². The van der Waals surface area contributed by atoms with E-state index in [-0.39, 0.29) is 12.1 Å². The Labute approximate surface area is 169 Å². The lowest BCUT2D eigenvalue weighted by Gasteiger charge is -2.38. The van der Waals surface area contributed by atoms with E-state index < -0.39 is 0 Å². The Kier molecular flexibility index (Phi) is 4.63. The molecular formula is C20H27N7O2. The topological polar surface area (TPSA) is 84.3 Å². The fourth-order valence-corrected chi connectivity index (χ4v) is 4.33. The number of morpholine rings is 2. The zero-order chi connectivity index (χ0) is 20.0. The molecule has 0 radical (unpaired) electrons. The van der Waals surface area contributed by atoms with Gasteiger partial charge in [-0.15, -0.1) is 0 Å². The second-order valence-electron chi connectivity index (χ2n) is 7.86. The Balaban J connectivity index is 1.72. The van der Waals surface area contributed by atoms with Gasteiger partial charge in [-0.2, -0.15) is 10.2 Å². The highest BCUT2D eigenvalue weighted by molar-refractivity contribution is 5.98. The molecule has 0 aromatic carbocycles. The number of H-pyrrole nitrogens is 1. The second-order valence-corrected chi connectivity index (χ2v) is 7.86. The number of aromatic nitrogens is 5. The third-order valence-electron chi connectivity index (χ3n) is 5.84. The minimum atomic E-state index is 0.272. The first kappa shape index (κ1) is 18.4. The molecule has 0 aliphatic carbocycles. The lowest BCUT2D eigenvalue weighted by atomic mass is 10.1. The van der Waals surface area contributed by atoms with Crippen molar-refractivity contribution in [3.8, 4) is 11.4 Å². The summed E-state index contributed by atoms with van der Waals surface area (Å²) in [6.45, 7) is 8.93. The summed E-state index contributed by atoms with van der Waals surface area (Å²) in [5.74, 6) is 0.965. The molecule has 2 saturated heterocycles. The van der Waals surface area contributed by atoms with E-state index in [2.05, 4.69) is 39.9 Å². The molecule has 2 aliphatic heterocycles. The SMILES string of the molecule is C[C@@H]1COCCN1c1cc(N2CCOC[C@H]2C)c2c(n1)c(-c1cc[nH]n1)nn2C. The van der Waals surface area contributed by atoms with Gasteiger partial charge in [-0.3, -0.25) is 9.78 Å². The maximum absolute atomic E-state index is 5.68. The summed E-state index contributed by atoms with van der Waals surface area (Å²) in [5.41, 5.74) is 4.66. The van der Waals surface area contributed by atoms with Crippen LogP contribution in [0.1, 0.15) is 13.8 Å². The molecule has 9 nitrogen and oxygen atoms in total. The maximum Gasteiger partial charge on any atom is 0.139 e. The molecule has 2 aliphatic rings. The number of aromatic amines is 1. The van der Waals surface area contributed by atoms with Gasteiger partial charge in [0.05, 0.1) is 38.2 Å². The normalized spacial score (nSPS) is 23.1. The number of hydrogen-bond donors (Lipinski definition) is 1. The highest BCUT2D eigenvalue weighted by Gasteiger charge is 2.28. The number of hydrogen-bond acceptors (Lipinski definition) is 7. The van der Waals surface area contributed by atoms with Crippen LogP contribution in [0.2, 0.25) is 0 Å². The minimum Gasteiger partial charge on any atom is -0.377 e. The average molecular weight is 397 g/mol. The van der Waals surface area contributed by atoms with Crippen molar-refractivity contribution in [1.82, 2.24) is 25.0 Å². The van der Waals surface area contributed by atoms with Crippen LogP contribution < -0.4 is 9.80 Å². The molecular weight excluding hydrogens is 370 g/mol. The summed E-state index contributed by atoms with van der Waals surface area (Å²) in [6.07, 6.45) is 1.81. The number of anilines is 2. The Hall–Kier alpha value is -2.65. The molecule has 154 valence electrons. The van der Waals surface area contributed by atoms with Gasteiger partial charge in [0, 0.05) is 38.4 Å². The largest absolute Gasteiger partial charge is 0.377 e. The van der Waals surface area contributed by atoms with E-state index in [4.69, 9.17) is 19.6 Å². The summed E-state index contributed by atoms with van der Waals surface area (Å²) >= 11 is 0. The standard InChI is InChI=1S/C20H27N7O2/c1-13-11-28-8-6-26(13)16-10-17(27-7-9-29-12-14(27)2)22-19-18(15-4-5-21-23-15)24-25(3)20(16)19/h4-5,10,13-14H,6-9,11-12H2,1-3H3,(H,21,23)/t13-,14-/m1/s1. The van der Waals surface area contributed by atoms with Crippen molar-refractivity contribution < 1.29 is 9.47 Å². The maximum atomic E-state index is 5.68. The fraction of sp³-hybridized carbons (Fsp3) is 0.550. The summed E-state index contributed by atoms with van der Waals surface area (Å²) in [4.78, 5) is 9.83. The molecule has 0 saturated carbocycles. The second kappa shape index (κ2) is 7.31. The van der Waals surface area contributed by atoms with E-state index in [0.717, 1.165) is 60.2 Å². The third-order valence-corrected chi connectivity index (χ3v) is 5.84. The molecule has 3 aromatic heterocycles. The highest BCUT2D eigenvalue weighted by atomic mass is 16.5. The van der Waals surface area contributed by atoms with Crippen molar-refractivity contribution in [2.75, 3.05) is 49.3 Å². The molecule has 0 spiro atoms. The number of pyridine rings is 1. The Morgan fingerprint density at radius 1 is 1.07 bits per heavy atom. The van der Waals surface area contributed by atoms with Gasteiger partial charge >= 0.3 is 0 Å². The number of aryl methyl sites for hydroxylation is 1. The Bertz CT molecular complexity index is 1000. The summed E-state index contributed by atoms with van der Waals surface area (Å²) < 4.78 is 13.3. The van der Waals surface area contributed by atoms with Crippen molar-refractivity contribution in [3.63, 3.8) is 0 Å². The van der Waals surface area contributed by atoms with Crippen LogP contribution in [-0.4, -0.2) is 76.6 Å². The smallest absolute Gasteiger partial charge is 0.139 e. The van der Waals surface area contributed by atoms with Crippen LogP contribution in [0.5, 0.6) is 0 Å². The van der Waals surface area contributed by atoms with Gasteiger partial charge in [0.2, 0.25) is 0 Å². The van der Waals surface area contributed by atoms with Crippen molar-refractivity contribution >= 4 is 22.5 Å². The predicted octanol–water partition coefficient (Wildman–Crippen LogP) is 1.81. The predicted molar refractivity (Wildman–Crippen MR) is 111 cm³/mol. The van der Waals surface area contributed by atoms with Gasteiger partial charge in [0.25, 0.3) is 0 Å². The van der Waals surface area contributed by atoms with Crippen LogP contribution in [0.3, 0.4) is 0 Å². The Morgan fingerprint density at radius 3 is 2.45 bits per heavy atom. The lowest BCUT2D eigenvalue weighted by Crippen LogP contribution is -2.45. The quantitative estimate of drug-likeness (QED) is 0.721. The van der Waals surface area contributed by atoms with Crippen LogP contribution in [0.15, 0.2) is 18.3 Å². The van der Waals surface area contributed by atoms with Crippen molar-refractivity contribution in [3.05, 3.63) is 18.3 Å². The van der Waals surface area contributed by atoms with E-state index in [0.29, 0.717) is 13.2 Å². The van der Waals surface area contributed by atoms with Gasteiger partial charge in [-0.25, -0.2) is 4.98 Å². The number of rotatable bonds is 3. The average Bonchev–Trinajstić information content (AvgIpc) is 3.36. The van der Waals surface area contributed by atoms with Gasteiger partial charge in [-0.1, -0.05) is 0 Å². The zero-order valence-corrected chi connectivity index (χ0v) is 17.1. The van der Waals surface area contributed by atoms with Crippen molar-refractivity contribution in [2.24, 2.45) is 7.05 Å². The molecule has 0 bridgehead atoms. The van der Waals surface area contributed by atoms with Gasteiger partial charge in [-0.05, 0) is 19.9 Å². The summed E-state index contributed by atoms with van der Waals surface area (Å²) in [7, 11) is 1.98. The summed E-state index contributed by atoms with van der Waals surface area (Å²) in [6, 6.07) is 4.70. The lowest BCUT2D eigenvalue weighted by molar-refractivity contribution is 0.0981. The molecule has 3 aromatic rings. The zero-order valence-electron chi connectivity index (χ0n) is 17.1. The molecule has 2 fully saturated rings. The molecule has 2 atom stereocenters. The first-order chi connectivity index (χ1) is 14.1. The number of nitrogens with one attached hydrogen (secondary N) is 1. The number of nitrogens with zero attached hydrogens (tertiary/aromatic N) is 6. The molecule has 29 heavy (non-hydrogen) atoms. The van der Waals surface area contributed by atoms with Crippen LogP contribution in [0, 0.1) is 0 Å². The first-order valence-corrected chi connectivity index (χ1v) is 10.2. The molecule has 5 rings (SSSR count). The number of fused-ring (bicyclic) bond motifs is 1. The van der Waals surface area contributed by atoms with Crippen molar-refractivity contribution in [2.45, 2.75) is 25.9 Å². The van der Waals surface area contributed by atoms with Crippen molar-refractivity contribution in [1.29, 1.82) is 0 Å². The fourth-order valence-electron chi connectivity index (χ4n) is 4.33. The van der Waals surface area contributed by atoms with Gasteiger partial charge in [0.15, 0.2) is 0 Å². The molecule has 1 N–H and O–H groups in total. The van der Waals surface area contributed by atoms with E-state index in [1.807, 2.05) is 24.0 Å². The summed E-state index contributed by atoms with van der Waals surface area (Å²) in [5, 5.41) is 12.0.